The number of hydrogen-bond acceptors (Lipinski definition) is 3. The summed E-state index contributed by atoms with van der Waals surface area (Å²) in [7, 11) is 2.00. The monoisotopic (exact) mass is 573 g/mol. The number of rotatable bonds is 7. The van der Waals surface area contributed by atoms with Gasteiger partial charge in [0.1, 0.15) is 0 Å². The van der Waals surface area contributed by atoms with Crippen LogP contribution in [-0.4, -0.2) is 48.1 Å². The molecule has 1 unspecified atom stereocenters. The number of halogens is 2. The molecule has 1 fully saturated rings. The molecule has 6 nitrogen and oxygen atoms in total. The van der Waals surface area contributed by atoms with Crippen molar-refractivity contribution in [2.45, 2.75) is 58.4 Å². The second kappa shape index (κ2) is 12.2. The zero-order valence-electron chi connectivity index (χ0n) is 19.9. The van der Waals surface area contributed by atoms with Gasteiger partial charge >= 0.3 is 0 Å². The van der Waals surface area contributed by atoms with E-state index < -0.39 is 0 Å². The molecule has 0 radical (unpaired) electrons. The lowest BCUT2D eigenvalue weighted by atomic mass is 9.74. The average molecular weight is 574 g/mol. The van der Waals surface area contributed by atoms with E-state index in [0.717, 1.165) is 55.7 Å². The van der Waals surface area contributed by atoms with Crippen LogP contribution in [-0.2, 0) is 23.6 Å². The molecule has 1 aliphatic heterocycles. The molecule has 0 amide bonds. The van der Waals surface area contributed by atoms with Gasteiger partial charge in [-0.3, -0.25) is 9.67 Å². The van der Waals surface area contributed by atoms with Gasteiger partial charge in [0.15, 0.2) is 5.96 Å². The second-order valence-electron chi connectivity index (χ2n) is 8.59. The predicted molar refractivity (Wildman–Crippen MR) is 144 cm³/mol. The van der Waals surface area contributed by atoms with Crippen LogP contribution in [0, 0.1) is 13.8 Å². The van der Waals surface area contributed by atoms with Crippen LogP contribution in [0.2, 0.25) is 5.02 Å². The molecule has 2 N–H and O–H groups in total. The quantitative estimate of drug-likeness (QED) is 0.290. The molecule has 0 saturated carbocycles. The molecule has 1 aromatic carbocycles. The normalized spacial score (nSPS) is 16.9. The molecule has 0 bridgehead atoms. The largest absolute Gasteiger partial charge is 0.381 e. The first-order valence-electron chi connectivity index (χ1n) is 11.2. The van der Waals surface area contributed by atoms with Crippen LogP contribution >= 0.6 is 35.6 Å². The van der Waals surface area contributed by atoms with E-state index in [4.69, 9.17) is 21.3 Å². The van der Waals surface area contributed by atoms with Crippen LogP contribution in [0.5, 0.6) is 0 Å². The minimum Gasteiger partial charge on any atom is -0.381 e. The highest BCUT2D eigenvalue weighted by Gasteiger charge is 2.36. The van der Waals surface area contributed by atoms with Gasteiger partial charge in [-0.15, -0.1) is 24.0 Å². The SMILES string of the molecule is CCNC(=NCC1(c2ccccc2Cl)CCOCC1)NC(C)Cc1c(C)nn(C)c1C.I. The summed E-state index contributed by atoms with van der Waals surface area (Å²) in [6.07, 6.45) is 2.74. The van der Waals surface area contributed by atoms with Crippen molar-refractivity contribution in [2.75, 3.05) is 26.3 Å². The average Bonchev–Trinajstić information content (AvgIpc) is 2.99. The first-order chi connectivity index (χ1) is 14.9. The highest BCUT2D eigenvalue weighted by molar-refractivity contribution is 14.0. The third kappa shape index (κ3) is 6.38. The third-order valence-corrected chi connectivity index (χ3v) is 6.66. The van der Waals surface area contributed by atoms with Crippen LogP contribution < -0.4 is 10.6 Å². The Bertz CT molecular complexity index is 908. The molecule has 2 heterocycles. The lowest BCUT2D eigenvalue weighted by Crippen LogP contribution is -2.45. The van der Waals surface area contributed by atoms with Crippen molar-refractivity contribution in [3.63, 3.8) is 0 Å². The molecule has 1 atom stereocenters. The van der Waals surface area contributed by atoms with Crippen molar-refractivity contribution in [2.24, 2.45) is 12.0 Å². The number of aryl methyl sites for hydroxylation is 2. The predicted octanol–water partition coefficient (Wildman–Crippen LogP) is 4.54. The molecule has 1 aliphatic rings. The smallest absolute Gasteiger partial charge is 0.191 e. The van der Waals surface area contributed by atoms with E-state index in [1.54, 1.807) is 0 Å². The van der Waals surface area contributed by atoms with Crippen molar-refractivity contribution in [1.29, 1.82) is 0 Å². The minimum atomic E-state index is -0.0985. The fraction of sp³-hybridized carbons (Fsp3) is 0.583. The van der Waals surface area contributed by atoms with Crippen molar-refractivity contribution in [1.82, 2.24) is 20.4 Å². The number of hydrogen-bond donors (Lipinski definition) is 2. The lowest BCUT2D eigenvalue weighted by molar-refractivity contribution is 0.0531. The summed E-state index contributed by atoms with van der Waals surface area (Å²) >= 11 is 6.60. The fourth-order valence-corrected chi connectivity index (χ4v) is 4.76. The van der Waals surface area contributed by atoms with Crippen molar-refractivity contribution in [3.8, 4) is 0 Å². The second-order valence-corrected chi connectivity index (χ2v) is 9.00. The standard InChI is InChI=1S/C24H36ClN5O.HI/c1-6-26-23(28-17(2)15-20-18(3)29-30(5)19(20)4)27-16-24(11-13-31-14-12-24)21-9-7-8-10-22(21)25;/h7-10,17H,6,11-16H2,1-5H3,(H2,26,27,28);1H. The van der Waals surface area contributed by atoms with E-state index in [1.807, 2.05) is 23.9 Å². The molecule has 32 heavy (non-hydrogen) atoms. The molecule has 0 spiro atoms. The van der Waals surface area contributed by atoms with Gasteiger partial charge in [0.25, 0.3) is 0 Å². The maximum absolute atomic E-state index is 6.60. The van der Waals surface area contributed by atoms with Gasteiger partial charge in [-0.25, -0.2) is 0 Å². The van der Waals surface area contributed by atoms with E-state index in [9.17, 15) is 0 Å². The van der Waals surface area contributed by atoms with E-state index in [2.05, 4.69) is 55.6 Å². The van der Waals surface area contributed by atoms with Gasteiger partial charge in [-0.2, -0.15) is 5.10 Å². The lowest BCUT2D eigenvalue weighted by Gasteiger charge is -2.37. The Hall–Kier alpha value is -1.32. The van der Waals surface area contributed by atoms with Crippen LogP contribution in [0.4, 0.5) is 0 Å². The van der Waals surface area contributed by atoms with Crippen LogP contribution in [0.3, 0.4) is 0 Å². The molecule has 1 saturated heterocycles. The van der Waals surface area contributed by atoms with Gasteiger partial charge in [0.2, 0.25) is 0 Å². The zero-order valence-corrected chi connectivity index (χ0v) is 23.0. The first-order valence-corrected chi connectivity index (χ1v) is 11.6. The highest BCUT2D eigenvalue weighted by atomic mass is 127. The molecule has 0 aliphatic carbocycles. The Morgan fingerprint density at radius 2 is 1.97 bits per heavy atom. The number of aromatic nitrogens is 2. The first kappa shape index (κ1) is 26.9. The molecule has 3 rings (SSSR count). The summed E-state index contributed by atoms with van der Waals surface area (Å²) in [5, 5.41) is 12.4. The van der Waals surface area contributed by atoms with E-state index in [0.29, 0.717) is 6.54 Å². The number of guanidine groups is 1. The number of aliphatic imine (C=N–C) groups is 1. The molecular weight excluding hydrogens is 537 g/mol. The van der Waals surface area contributed by atoms with Crippen LogP contribution in [0.1, 0.15) is 49.2 Å². The number of benzene rings is 1. The van der Waals surface area contributed by atoms with Gasteiger partial charge in [-0.05, 0) is 64.2 Å². The third-order valence-electron chi connectivity index (χ3n) is 6.33. The van der Waals surface area contributed by atoms with Crippen molar-refractivity contribution >= 4 is 41.5 Å². The van der Waals surface area contributed by atoms with Gasteiger partial charge in [0, 0.05) is 49.0 Å². The van der Waals surface area contributed by atoms with Crippen molar-refractivity contribution < 1.29 is 4.74 Å². The van der Waals surface area contributed by atoms with Crippen molar-refractivity contribution in [3.05, 3.63) is 51.8 Å². The fourth-order valence-electron chi connectivity index (χ4n) is 4.42. The Kier molecular flexibility index (Phi) is 10.3. The molecule has 178 valence electrons. The Balaban J connectivity index is 0.00000363. The maximum atomic E-state index is 6.60. The highest BCUT2D eigenvalue weighted by Crippen LogP contribution is 2.38. The van der Waals surface area contributed by atoms with Gasteiger partial charge in [0.05, 0.1) is 12.2 Å². The number of nitrogens with one attached hydrogen (secondary N) is 2. The number of nitrogens with zero attached hydrogens (tertiary/aromatic N) is 3. The van der Waals surface area contributed by atoms with E-state index in [-0.39, 0.29) is 35.4 Å². The van der Waals surface area contributed by atoms with Crippen LogP contribution in [0.25, 0.3) is 0 Å². The summed E-state index contributed by atoms with van der Waals surface area (Å²) in [5.74, 6) is 0.840. The minimum absolute atomic E-state index is 0. The Morgan fingerprint density at radius 1 is 1.28 bits per heavy atom. The van der Waals surface area contributed by atoms with E-state index in [1.165, 1.54) is 16.8 Å². The number of ether oxygens (including phenoxy) is 1. The molecule has 2 aromatic rings. The molecular formula is C24H37ClIN5O. The summed E-state index contributed by atoms with van der Waals surface area (Å²) < 4.78 is 7.62. The summed E-state index contributed by atoms with van der Waals surface area (Å²) in [6, 6.07) is 8.39. The summed E-state index contributed by atoms with van der Waals surface area (Å²) in [4.78, 5) is 5.02. The van der Waals surface area contributed by atoms with Gasteiger partial charge in [-0.1, -0.05) is 29.8 Å². The maximum Gasteiger partial charge on any atom is 0.191 e. The Labute approximate surface area is 214 Å². The molecule has 8 heteroatoms. The zero-order chi connectivity index (χ0) is 22.4. The van der Waals surface area contributed by atoms with Gasteiger partial charge < -0.3 is 15.4 Å². The summed E-state index contributed by atoms with van der Waals surface area (Å²) in [5.41, 5.74) is 4.69. The van der Waals surface area contributed by atoms with Crippen LogP contribution in [0.15, 0.2) is 29.3 Å². The Morgan fingerprint density at radius 3 is 2.56 bits per heavy atom. The molecule has 1 aromatic heterocycles. The summed E-state index contributed by atoms with van der Waals surface area (Å²) in [6.45, 7) is 11.4. The van der Waals surface area contributed by atoms with E-state index >= 15 is 0 Å². The topological polar surface area (TPSA) is 63.5 Å².